The second kappa shape index (κ2) is 7.53. The SMILES string of the molecule is CN(C)C1CC23CCC4(O2)C2CC=C(c5ccc6cc(N)ncc6c5)C2(C)CCC4(F)CC3C(O)C1O. The molecule has 7 heteroatoms. The number of aliphatic hydroxyl groups excluding tert-OH is 2. The molecule has 1 aromatic carbocycles. The molecule has 0 amide bonds. The van der Waals surface area contributed by atoms with Crippen LogP contribution in [0.5, 0.6) is 0 Å². The number of allylic oxidation sites excluding steroid dienone is 2. The Balaban J connectivity index is 1.26. The van der Waals surface area contributed by atoms with Crippen molar-refractivity contribution in [2.75, 3.05) is 19.8 Å². The van der Waals surface area contributed by atoms with Crippen molar-refractivity contribution in [3.05, 3.63) is 42.1 Å². The van der Waals surface area contributed by atoms with Gasteiger partial charge in [0.2, 0.25) is 0 Å². The van der Waals surface area contributed by atoms with Crippen LogP contribution in [0.4, 0.5) is 10.2 Å². The van der Waals surface area contributed by atoms with Gasteiger partial charge in [-0.25, -0.2) is 9.37 Å². The summed E-state index contributed by atoms with van der Waals surface area (Å²) in [6.07, 6.45) is 6.53. The van der Waals surface area contributed by atoms with Crippen LogP contribution in [0.15, 0.2) is 36.5 Å². The van der Waals surface area contributed by atoms with E-state index in [1.807, 2.05) is 31.3 Å². The number of aliphatic hydroxyl groups is 2. The molecule has 198 valence electrons. The number of likely N-dealkylation sites (N-methyl/N-ethyl adjacent to an activating group) is 1. The molecule has 9 unspecified atom stereocenters. The minimum atomic E-state index is -1.50. The summed E-state index contributed by atoms with van der Waals surface area (Å²) in [7, 11) is 3.87. The average molecular weight is 508 g/mol. The van der Waals surface area contributed by atoms with Crippen LogP contribution in [0.1, 0.15) is 57.4 Å². The molecule has 9 atom stereocenters. The molecule has 0 radical (unpaired) electrons. The number of hydrogen-bond acceptors (Lipinski definition) is 6. The smallest absolute Gasteiger partial charge is 0.140 e. The van der Waals surface area contributed by atoms with Crippen LogP contribution in [0.2, 0.25) is 0 Å². The van der Waals surface area contributed by atoms with Gasteiger partial charge >= 0.3 is 0 Å². The fourth-order valence-corrected chi connectivity index (χ4v) is 9.33. The maximum atomic E-state index is 17.2. The molecule has 2 bridgehead atoms. The molecule has 2 saturated heterocycles. The number of alkyl halides is 1. The highest BCUT2D eigenvalue weighted by atomic mass is 19.1. The van der Waals surface area contributed by atoms with Crippen LogP contribution in [-0.2, 0) is 4.74 Å². The standard InChI is InChI=1S/C30H38FN3O3/c1-27-8-10-29(31)14-21-25(35)26(36)22(34(2)3)15-28(21)9-11-30(29,37-28)23(27)7-6-20(27)18-5-4-17-13-24(32)33-16-19(17)12-18/h4-6,12-13,16,21-23,25-26,35-36H,7-11,14-15H2,1-3H3,(H2,32,33). The van der Waals surface area contributed by atoms with Crippen LogP contribution in [0, 0.1) is 17.3 Å². The lowest BCUT2D eigenvalue weighted by molar-refractivity contribution is -0.314. The zero-order valence-corrected chi connectivity index (χ0v) is 22.0. The van der Waals surface area contributed by atoms with Gasteiger partial charge in [0.25, 0.3) is 0 Å². The first kappa shape index (κ1) is 24.0. The Kier molecular flexibility index (Phi) is 4.89. The van der Waals surface area contributed by atoms with E-state index >= 15 is 4.39 Å². The Morgan fingerprint density at radius 2 is 1.86 bits per heavy atom. The zero-order valence-electron chi connectivity index (χ0n) is 22.0. The van der Waals surface area contributed by atoms with Crippen molar-refractivity contribution in [3.63, 3.8) is 0 Å². The lowest BCUT2D eigenvalue weighted by Crippen LogP contribution is -2.72. The van der Waals surface area contributed by atoms with Crippen molar-refractivity contribution in [3.8, 4) is 0 Å². The Morgan fingerprint density at radius 3 is 2.65 bits per heavy atom. The lowest BCUT2D eigenvalue weighted by Gasteiger charge is -2.64. The van der Waals surface area contributed by atoms with E-state index in [9.17, 15) is 10.2 Å². The van der Waals surface area contributed by atoms with Gasteiger partial charge < -0.3 is 25.6 Å². The number of nitrogen functional groups attached to an aromatic ring is 1. The summed E-state index contributed by atoms with van der Waals surface area (Å²) in [5.41, 5.74) is 5.19. The Hall–Kier alpha value is -2.06. The highest BCUT2D eigenvalue weighted by Crippen LogP contribution is 2.72. The highest BCUT2D eigenvalue weighted by molar-refractivity contribution is 5.88. The molecule has 1 aromatic heterocycles. The van der Waals surface area contributed by atoms with Gasteiger partial charge in [0.1, 0.15) is 17.1 Å². The van der Waals surface area contributed by atoms with Gasteiger partial charge in [0, 0.05) is 29.5 Å². The van der Waals surface area contributed by atoms with E-state index in [0.29, 0.717) is 25.1 Å². The number of nitrogens with zero attached hydrogens (tertiary/aromatic N) is 2. The number of benzene rings is 1. The second-order valence-corrected chi connectivity index (χ2v) is 13.0. The summed E-state index contributed by atoms with van der Waals surface area (Å²) in [5, 5.41) is 24.2. The van der Waals surface area contributed by atoms with Crippen molar-refractivity contribution in [2.24, 2.45) is 17.3 Å². The molecule has 4 N–H and O–H groups in total. The molecule has 2 aromatic rings. The third-order valence-corrected chi connectivity index (χ3v) is 11.3. The number of halogens is 1. The van der Waals surface area contributed by atoms with Crippen molar-refractivity contribution >= 4 is 22.2 Å². The first-order valence-electron chi connectivity index (χ1n) is 13.8. The number of aromatic nitrogens is 1. The number of anilines is 1. The monoisotopic (exact) mass is 507 g/mol. The van der Waals surface area contributed by atoms with E-state index in [-0.39, 0.29) is 29.7 Å². The topological polar surface area (TPSA) is 91.8 Å². The molecule has 2 saturated carbocycles. The predicted molar refractivity (Wildman–Crippen MR) is 141 cm³/mol. The maximum Gasteiger partial charge on any atom is 0.140 e. The molecule has 2 spiro atoms. The number of rotatable bonds is 2. The van der Waals surface area contributed by atoms with Crippen LogP contribution in [-0.4, -0.2) is 69.3 Å². The molecule has 5 aliphatic rings. The minimum absolute atomic E-state index is 0.0381. The Bertz CT molecular complexity index is 1320. The van der Waals surface area contributed by atoms with Gasteiger partial charge in [-0.15, -0.1) is 0 Å². The van der Waals surface area contributed by atoms with Gasteiger partial charge in [-0.3, -0.25) is 0 Å². The first-order valence-corrected chi connectivity index (χ1v) is 13.8. The number of fused-ring (bicyclic) bond motifs is 2. The van der Waals surface area contributed by atoms with Crippen molar-refractivity contribution < 1.29 is 19.3 Å². The molecular weight excluding hydrogens is 469 g/mol. The fraction of sp³-hybridized carbons (Fsp3) is 0.633. The molecule has 3 aliphatic carbocycles. The van der Waals surface area contributed by atoms with Crippen molar-refractivity contribution in [2.45, 2.75) is 87.0 Å². The largest absolute Gasteiger partial charge is 0.390 e. The average Bonchev–Trinajstić information content (AvgIpc) is 3.39. The minimum Gasteiger partial charge on any atom is -0.390 e. The van der Waals surface area contributed by atoms with Crippen LogP contribution in [0.3, 0.4) is 0 Å². The molecular formula is C30H38FN3O3. The summed E-state index contributed by atoms with van der Waals surface area (Å²) in [6, 6.07) is 8.13. The molecule has 4 fully saturated rings. The van der Waals surface area contributed by atoms with Crippen LogP contribution >= 0.6 is 0 Å². The van der Waals surface area contributed by atoms with E-state index in [0.717, 1.165) is 35.6 Å². The fourth-order valence-electron chi connectivity index (χ4n) is 9.33. The van der Waals surface area contributed by atoms with E-state index in [2.05, 4.69) is 36.2 Å². The van der Waals surface area contributed by atoms with Gasteiger partial charge in [0.15, 0.2) is 0 Å². The summed E-state index contributed by atoms with van der Waals surface area (Å²) in [5.74, 6) is 0.173. The third kappa shape index (κ3) is 2.97. The Morgan fingerprint density at radius 1 is 1.05 bits per heavy atom. The molecule has 7 rings (SSSR count). The summed E-state index contributed by atoms with van der Waals surface area (Å²) < 4.78 is 24.3. The number of pyridine rings is 1. The second-order valence-electron chi connectivity index (χ2n) is 13.0. The van der Waals surface area contributed by atoms with E-state index < -0.39 is 29.1 Å². The molecule has 2 aliphatic heterocycles. The van der Waals surface area contributed by atoms with Crippen LogP contribution < -0.4 is 5.73 Å². The molecule has 6 nitrogen and oxygen atoms in total. The van der Waals surface area contributed by atoms with Crippen molar-refractivity contribution in [1.82, 2.24) is 9.88 Å². The van der Waals surface area contributed by atoms with Crippen molar-refractivity contribution in [1.29, 1.82) is 0 Å². The van der Waals surface area contributed by atoms with E-state index in [1.54, 1.807) is 0 Å². The van der Waals surface area contributed by atoms with Gasteiger partial charge in [-0.2, -0.15) is 0 Å². The summed E-state index contributed by atoms with van der Waals surface area (Å²) in [6.45, 7) is 2.30. The van der Waals surface area contributed by atoms with Gasteiger partial charge in [-0.05, 0) is 93.1 Å². The van der Waals surface area contributed by atoms with Gasteiger partial charge in [0.05, 0.1) is 17.8 Å². The quantitative estimate of drug-likeness (QED) is 0.567. The maximum absolute atomic E-state index is 17.2. The third-order valence-electron chi connectivity index (χ3n) is 11.3. The van der Waals surface area contributed by atoms with Crippen LogP contribution in [0.25, 0.3) is 16.3 Å². The number of nitrogens with two attached hydrogens (primary N) is 1. The summed E-state index contributed by atoms with van der Waals surface area (Å²) in [4.78, 5) is 6.26. The van der Waals surface area contributed by atoms with Gasteiger partial charge in [-0.1, -0.05) is 25.1 Å². The first-order chi connectivity index (χ1) is 17.5. The lowest BCUT2D eigenvalue weighted by atomic mass is 9.51. The van der Waals surface area contributed by atoms with E-state index in [1.165, 1.54) is 5.57 Å². The molecule has 37 heavy (non-hydrogen) atoms. The summed E-state index contributed by atoms with van der Waals surface area (Å²) >= 11 is 0. The number of ether oxygens (including phenoxy) is 1. The molecule has 3 heterocycles. The van der Waals surface area contributed by atoms with E-state index in [4.69, 9.17) is 10.5 Å². The normalized spacial score (nSPS) is 46.5. The highest BCUT2D eigenvalue weighted by Gasteiger charge is 2.77. The number of hydrogen-bond donors (Lipinski definition) is 3. The zero-order chi connectivity index (χ0) is 26.0. The Labute approximate surface area is 217 Å². The predicted octanol–water partition coefficient (Wildman–Crippen LogP) is 4.09.